The van der Waals surface area contributed by atoms with Crippen LogP contribution in [0.25, 0.3) is 0 Å². The van der Waals surface area contributed by atoms with Gasteiger partial charge in [-0.25, -0.2) is 0 Å². The van der Waals surface area contributed by atoms with Gasteiger partial charge in [0.05, 0.1) is 0 Å². The van der Waals surface area contributed by atoms with E-state index in [1.807, 2.05) is 19.2 Å². The molecular weight excluding hydrogens is 246 g/mol. The zero-order valence-electron chi connectivity index (χ0n) is 11.4. The average Bonchev–Trinajstić information content (AvgIpc) is 2.34. The van der Waals surface area contributed by atoms with Crippen molar-refractivity contribution in [2.24, 2.45) is 0 Å². The highest BCUT2D eigenvalue weighted by Gasteiger charge is 2.28. The molecule has 1 aromatic rings. The lowest BCUT2D eigenvalue weighted by atomic mass is 10.1. The van der Waals surface area contributed by atoms with Gasteiger partial charge < -0.3 is 10.2 Å². The van der Waals surface area contributed by atoms with E-state index in [0.717, 1.165) is 24.7 Å². The summed E-state index contributed by atoms with van der Waals surface area (Å²) in [5.41, 5.74) is 1.26. The van der Waals surface area contributed by atoms with Crippen LogP contribution in [0.15, 0.2) is 24.3 Å². The van der Waals surface area contributed by atoms with Crippen LogP contribution in [0.2, 0.25) is 5.02 Å². The highest BCUT2D eigenvalue weighted by Crippen LogP contribution is 2.24. The van der Waals surface area contributed by atoms with Crippen molar-refractivity contribution in [2.75, 3.05) is 38.6 Å². The number of nitrogens with zero attached hydrogens (tertiary/aromatic N) is 2. The normalized spacial score (nSPS) is 25.4. The predicted molar refractivity (Wildman–Crippen MR) is 78.6 cm³/mol. The van der Waals surface area contributed by atoms with E-state index in [-0.39, 0.29) is 0 Å². The quantitative estimate of drug-likeness (QED) is 0.905. The fourth-order valence-electron chi connectivity index (χ4n) is 2.66. The molecule has 1 aliphatic heterocycles. The molecule has 1 heterocycles. The summed E-state index contributed by atoms with van der Waals surface area (Å²) >= 11 is 5.95. The van der Waals surface area contributed by atoms with E-state index >= 15 is 0 Å². The van der Waals surface area contributed by atoms with E-state index in [2.05, 4.69) is 41.2 Å². The molecule has 3 nitrogen and oxygen atoms in total. The first-order chi connectivity index (χ1) is 8.61. The Kier molecular flexibility index (Phi) is 4.49. The van der Waals surface area contributed by atoms with E-state index < -0.39 is 0 Å². The number of likely N-dealkylation sites (N-methyl/N-ethyl adjacent to an activating group) is 2. The van der Waals surface area contributed by atoms with Crippen LogP contribution in [0.4, 0.5) is 5.69 Å². The maximum atomic E-state index is 5.95. The third-order valence-corrected chi connectivity index (χ3v) is 3.97. The third kappa shape index (κ3) is 2.97. The van der Waals surface area contributed by atoms with Crippen LogP contribution in [-0.2, 0) is 0 Å². The summed E-state index contributed by atoms with van der Waals surface area (Å²) in [5, 5.41) is 4.07. The third-order valence-electron chi connectivity index (χ3n) is 3.71. The van der Waals surface area contributed by atoms with Gasteiger partial charge in [0.2, 0.25) is 0 Å². The Morgan fingerprint density at radius 2 is 1.94 bits per heavy atom. The van der Waals surface area contributed by atoms with Gasteiger partial charge >= 0.3 is 0 Å². The molecule has 2 rings (SSSR count). The lowest BCUT2D eigenvalue weighted by molar-refractivity contribution is 0.190. The zero-order chi connectivity index (χ0) is 13.1. The minimum Gasteiger partial charge on any atom is -0.366 e. The molecule has 1 fully saturated rings. The number of anilines is 1. The molecule has 4 heteroatoms. The van der Waals surface area contributed by atoms with Gasteiger partial charge in [0.15, 0.2) is 0 Å². The number of hydrogen-bond acceptors (Lipinski definition) is 3. The number of piperazine rings is 1. The fraction of sp³-hybridized carbons (Fsp3) is 0.571. The molecule has 2 unspecified atom stereocenters. The molecule has 1 saturated heterocycles. The number of nitrogens with one attached hydrogen (secondary N) is 1. The van der Waals surface area contributed by atoms with Crippen molar-refractivity contribution in [3.8, 4) is 0 Å². The van der Waals surface area contributed by atoms with Crippen molar-refractivity contribution < 1.29 is 0 Å². The number of benzene rings is 1. The van der Waals surface area contributed by atoms with Crippen molar-refractivity contribution >= 4 is 17.3 Å². The van der Waals surface area contributed by atoms with Gasteiger partial charge in [-0.05, 0) is 45.3 Å². The van der Waals surface area contributed by atoms with Crippen molar-refractivity contribution in [1.82, 2.24) is 10.2 Å². The molecule has 0 saturated carbocycles. The molecule has 0 aromatic heterocycles. The lowest BCUT2D eigenvalue weighted by Gasteiger charge is -2.45. The van der Waals surface area contributed by atoms with E-state index in [9.17, 15) is 0 Å². The largest absolute Gasteiger partial charge is 0.366 e. The second-order valence-electron chi connectivity index (χ2n) is 5.13. The van der Waals surface area contributed by atoms with E-state index in [0.29, 0.717) is 12.1 Å². The smallest absolute Gasteiger partial charge is 0.0407 e. The Morgan fingerprint density at radius 3 is 2.56 bits per heavy atom. The van der Waals surface area contributed by atoms with Gasteiger partial charge in [-0.3, -0.25) is 4.90 Å². The maximum absolute atomic E-state index is 5.95. The first-order valence-electron chi connectivity index (χ1n) is 6.49. The molecule has 1 N–H and O–H groups in total. The number of halogens is 1. The second kappa shape index (κ2) is 5.91. The Labute approximate surface area is 115 Å². The molecule has 18 heavy (non-hydrogen) atoms. The van der Waals surface area contributed by atoms with Gasteiger partial charge in [0, 0.05) is 42.4 Å². The topological polar surface area (TPSA) is 18.5 Å². The van der Waals surface area contributed by atoms with Gasteiger partial charge in [-0.15, -0.1) is 0 Å². The van der Waals surface area contributed by atoms with E-state index in [1.54, 1.807) is 0 Å². The summed E-state index contributed by atoms with van der Waals surface area (Å²) in [6.07, 6.45) is 0. The van der Waals surface area contributed by atoms with Crippen molar-refractivity contribution in [1.29, 1.82) is 0 Å². The molecule has 0 aliphatic carbocycles. The Balaban J connectivity index is 2.13. The van der Waals surface area contributed by atoms with Gasteiger partial charge in [-0.1, -0.05) is 11.6 Å². The molecular formula is C14H22ClN3. The molecule has 0 spiro atoms. The van der Waals surface area contributed by atoms with E-state index in [4.69, 9.17) is 11.6 Å². The van der Waals surface area contributed by atoms with Crippen molar-refractivity contribution in [3.63, 3.8) is 0 Å². The minimum atomic E-state index is 0.532. The summed E-state index contributed by atoms with van der Waals surface area (Å²) in [7, 11) is 4.22. The molecule has 2 atom stereocenters. The van der Waals surface area contributed by atoms with Crippen LogP contribution in [0, 0.1) is 0 Å². The summed E-state index contributed by atoms with van der Waals surface area (Å²) in [6.45, 7) is 5.45. The Hall–Kier alpha value is -0.770. The van der Waals surface area contributed by atoms with Gasteiger partial charge in [0.1, 0.15) is 0 Å². The van der Waals surface area contributed by atoms with E-state index in [1.165, 1.54) is 5.69 Å². The number of hydrogen-bond donors (Lipinski definition) is 1. The Bertz CT molecular complexity index is 379. The summed E-state index contributed by atoms with van der Waals surface area (Å²) in [5.74, 6) is 0. The fourth-order valence-corrected chi connectivity index (χ4v) is 2.79. The molecule has 100 valence electrons. The van der Waals surface area contributed by atoms with Crippen molar-refractivity contribution in [2.45, 2.75) is 19.0 Å². The van der Waals surface area contributed by atoms with Crippen molar-refractivity contribution in [3.05, 3.63) is 29.3 Å². The number of rotatable bonds is 3. The average molecular weight is 268 g/mol. The Morgan fingerprint density at radius 1 is 1.28 bits per heavy atom. The van der Waals surface area contributed by atoms with Crippen LogP contribution in [0.5, 0.6) is 0 Å². The standard InChI is InChI=1S/C14H22ClN3/c1-11-9-17(3)14(8-16-2)10-18(11)13-6-4-12(15)5-7-13/h4-7,11,14,16H,8-10H2,1-3H3. The first-order valence-corrected chi connectivity index (χ1v) is 6.86. The molecule has 1 aliphatic rings. The van der Waals surface area contributed by atoms with Crippen LogP contribution >= 0.6 is 11.6 Å². The zero-order valence-corrected chi connectivity index (χ0v) is 12.1. The minimum absolute atomic E-state index is 0.532. The molecule has 0 radical (unpaired) electrons. The predicted octanol–water partition coefficient (Wildman–Crippen LogP) is 2.07. The maximum Gasteiger partial charge on any atom is 0.0407 e. The van der Waals surface area contributed by atoms with Gasteiger partial charge in [-0.2, -0.15) is 0 Å². The summed E-state index contributed by atoms with van der Waals surface area (Å²) in [6, 6.07) is 9.25. The van der Waals surface area contributed by atoms with Gasteiger partial charge in [0.25, 0.3) is 0 Å². The monoisotopic (exact) mass is 267 g/mol. The summed E-state index contributed by atoms with van der Waals surface area (Å²) in [4.78, 5) is 4.91. The molecule has 0 bridgehead atoms. The van der Waals surface area contributed by atoms with Crippen LogP contribution in [0.1, 0.15) is 6.92 Å². The summed E-state index contributed by atoms with van der Waals surface area (Å²) < 4.78 is 0. The van der Waals surface area contributed by atoms with Crippen LogP contribution < -0.4 is 10.2 Å². The highest BCUT2D eigenvalue weighted by molar-refractivity contribution is 6.30. The lowest BCUT2D eigenvalue weighted by Crippen LogP contribution is -2.58. The first kappa shape index (κ1) is 13.7. The molecule has 1 aromatic carbocycles. The van der Waals surface area contributed by atoms with Crippen LogP contribution in [0.3, 0.4) is 0 Å². The second-order valence-corrected chi connectivity index (χ2v) is 5.57. The SMILES string of the molecule is CNCC1CN(c2ccc(Cl)cc2)C(C)CN1C. The highest BCUT2D eigenvalue weighted by atomic mass is 35.5. The van der Waals surface area contributed by atoms with Crippen LogP contribution in [-0.4, -0.2) is 50.7 Å². The molecule has 0 amide bonds.